The van der Waals surface area contributed by atoms with Gasteiger partial charge in [-0.05, 0) is 28.8 Å². The average Bonchev–Trinajstić information content (AvgIpc) is 2.98. The van der Waals surface area contributed by atoms with Crippen molar-refractivity contribution in [3.8, 4) is 5.75 Å². The van der Waals surface area contributed by atoms with Gasteiger partial charge in [-0.1, -0.05) is 11.6 Å². The standard InChI is InChI=1S/C14H14ClN5O3P/c15-10-1-3-11(4-2-10)23-24(21)9-22-6-5-20-8-19-12-13(16)17-7-18-14(12)20/h1-4,7-8H,5-6,9H2,(H2,16,17,18)/q+1. The number of nitrogens with two attached hydrogens (primary N) is 1. The van der Waals surface area contributed by atoms with Gasteiger partial charge in [0.1, 0.15) is 11.8 Å². The summed E-state index contributed by atoms with van der Waals surface area (Å²) in [5, 5.41) is 0.589. The van der Waals surface area contributed by atoms with Crippen molar-refractivity contribution >= 4 is 36.6 Å². The molecular formula is C14H14ClN5O3P+. The molecule has 1 aromatic carbocycles. The van der Waals surface area contributed by atoms with Crippen LogP contribution < -0.4 is 10.3 Å². The summed E-state index contributed by atoms with van der Waals surface area (Å²) in [6.07, 6.45) is 2.98. The number of aromatic nitrogens is 4. The Bertz CT molecular complexity index is 855. The quantitative estimate of drug-likeness (QED) is 0.506. The minimum absolute atomic E-state index is 0.0122. The molecule has 0 aliphatic rings. The molecule has 124 valence electrons. The van der Waals surface area contributed by atoms with Crippen LogP contribution in [-0.2, 0) is 15.8 Å². The Morgan fingerprint density at radius 2 is 2.00 bits per heavy atom. The van der Waals surface area contributed by atoms with Crippen LogP contribution in [0, 0.1) is 0 Å². The summed E-state index contributed by atoms with van der Waals surface area (Å²) in [5.74, 6) is 0.816. The Morgan fingerprint density at radius 1 is 1.21 bits per heavy atom. The third-order valence-electron chi connectivity index (χ3n) is 3.12. The van der Waals surface area contributed by atoms with E-state index in [1.165, 1.54) is 6.33 Å². The minimum Gasteiger partial charge on any atom is -0.382 e. The Morgan fingerprint density at radius 3 is 2.79 bits per heavy atom. The normalized spacial score (nSPS) is 11.6. The van der Waals surface area contributed by atoms with Gasteiger partial charge in [0.05, 0.1) is 12.9 Å². The van der Waals surface area contributed by atoms with Crippen LogP contribution in [0.3, 0.4) is 0 Å². The van der Waals surface area contributed by atoms with Crippen LogP contribution in [0.5, 0.6) is 5.75 Å². The summed E-state index contributed by atoms with van der Waals surface area (Å²) >= 11 is 5.77. The lowest BCUT2D eigenvalue weighted by Crippen LogP contribution is -2.06. The summed E-state index contributed by atoms with van der Waals surface area (Å²) in [4.78, 5) is 12.2. The Kier molecular flexibility index (Phi) is 5.20. The molecule has 0 spiro atoms. The molecule has 3 rings (SSSR count). The van der Waals surface area contributed by atoms with Crippen LogP contribution in [0.4, 0.5) is 5.82 Å². The number of benzene rings is 1. The molecule has 0 bridgehead atoms. The Hall–Kier alpha value is -2.28. The molecule has 3 aromatic rings. The van der Waals surface area contributed by atoms with E-state index in [1.807, 2.05) is 0 Å². The summed E-state index contributed by atoms with van der Waals surface area (Å²) in [6.45, 7) is 0.831. The largest absolute Gasteiger partial charge is 0.585 e. The van der Waals surface area contributed by atoms with Crippen LogP contribution in [-0.4, -0.2) is 32.5 Å². The minimum atomic E-state index is -1.96. The van der Waals surface area contributed by atoms with Crippen LogP contribution >= 0.6 is 19.6 Å². The van der Waals surface area contributed by atoms with Crippen molar-refractivity contribution in [1.29, 1.82) is 0 Å². The number of anilines is 1. The van der Waals surface area contributed by atoms with Gasteiger partial charge in [-0.25, -0.2) is 15.0 Å². The zero-order valence-electron chi connectivity index (χ0n) is 12.5. The second-order valence-corrected chi connectivity index (χ2v) is 6.33. The van der Waals surface area contributed by atoms with Crippen LogP contribution in [0.15, 0.2) is 36.9 Å². The number of fused-ring (bicyclic) bond motifs is 1. The second-order valence-electron chi connectivity index (χ2n) is 4.78. The SMILES string of the molecule is Nc1ncnc2c1ncn2CCOC[P+](=O)Oc1ccc(Cl)cc1. The third-order valence-corrected chi connectivity index (χ3v) is 4.18. The molecule has 0 amide bonds. The molecule has 0 fully saturated rings. The van der Waals surface area contributed by atoms with Gasteiger partial charge < -0.3 is 15.0 Å². The van der Waals surface area contributed by atoms with Crippen molar-refractivity contribution in [3.05, 3.63) is 41.9 Å². The molecule has 1 unspecified atom stereocenters. The lowest BCUT2D eigenvalue weighted by atomic mass is 10.3. The fourth-order valence-electron chi connectivity index (χ4n) is 2.00. The van der Waals surface area contributed by atoms with Gasteiger partial charge in [0.15, 0.2) is 17.2 Å². The van der Waals surface area contributed by atoms with Gasteiger partial charge in [-0.3, -0.25) is 4.52 Å². The number of hydrogen-bond donors (Lipinski definition) is 1. The first-order valence-corrected chi connectivity index (χ1v) is 8.75. The van der Waals surface area contributed by atoms with Gasteiger partial charge >= 0.3 is 8.03 Å². The highest BCUT2D eigenvalue weighted by Crippen LogP contribution is 2.27. The number of imidazole rings is 1. The monoisotopic (exact) mass is 366 g/mol. The van der Waals surface area contributed by atoms with Gasteiger partial charge in [0.25, 0.3) is 6.35 Å². The van der Waals surface area contributed by atoms with E-state index in [-0.39, 0.29) is 6.35 Å². The maximum atomic E-state index is 11.8. The fraction of sp³-hybridized carbons (Fsp3) is 0.214. The lowest BCUT2D eigenvalue weighted by molar-refractivity contribution is 0.164. The number of nitrogens with zero attached hydrogens (tertiary/aromatic N) is 4. The summed E-state index contributed by atoms with van der Waals surface area (Å²) < 4.78 is 24.3. The van der Waals surface area contributed by atoms with Crippen LogP contribution in [0.25, 0.3) is 11.2 Å². The Labute approximate surface area is 143 Å². The first-order valence-electron chi connectivity index (χ1n) is 7.01. The van der Waals surface area contributed by atoms with Crippen molar-refractivity contribution < 1.29 is 13.8 Å². The third kappa shape index (κ3) is 3.97. The Balaban J connectivity index is 1.47. The number of nitrogen functional groups attached to an aromatic ring is 1. The van der Waals surface area contributed by atoms with E-state index in [2.05, 4.69) is 15.0 Å². The van der Waals surface area contributed by atoms with Crippen LogP contribution in [0.1, 0.15) is 0 Å². The maximum absolute atomic E-state index is 11.8. The summed E-state index contributed by atoms with van der Waals surface area (Å²) in [7, 11) is -1.96. The van der Waals surface area contributed by atoms with Crippen LogP contribution in [0.2, 0.25) is 5.02 Å². The topological polar surface area (TPSA) is 105 Å². The smallest absolute Gasteiger partial charge is 0.382 e. The highest BCUT2D eigenvalue weighted by atomic mass is 35.5. The second kappa shape index (κ2) is 7.53. The molecule has 0 aliphatic carbocycles. The van der Waals surface area contributed by atoms with Gasteiger partial charge in [-0.15, -0.1) is 0 Å². The molecule has 24 heavy (non-hydrogen) atoms. The van der Waals surface area contributed by atoms with Gasteiger partial charge in [-0.2, -0.15) is 0 Å². The van der Waals surface area contributed by atoms with Crippen molar-refractivity contribution in [2.45, 2.75) is 6.54 Å². The number of ether oxygens (including phenoxy) is 1. The molecule has 0 saturated heterocycles. The molecule has 0 radical (unpaired) electrons. The predicted molar refractivity (Wildman–Crippen MR) is 90.2 cm³/mol. The number of rotatable bonds is 7. The molecule has 10 heteroatoms. The van der Waals surface area contributed by atoms with Gasteiger partial charge in [0.2, 0.25) is 0 Å². The predicted octanol–water partition coefficient (Wildman–Crippen LogP) is 2.86. The van der Waals surface area contributed by atoms with E-state index in [1.54, 1.807) is 35.2 Å². The molecule has 0 aliphatic heterocycles. The number of hydrogen-bond acceptors (Lipinski definition) is 7. The molecular weight excluding hydrogens is 353 g/mol. The fourth-order valence-corrected chi connectivity index (χ4v) is 2.82. The van der Waals surface area contributed by atoms with Crippen molar-refractivity contribution in [2.24, 2.45) is 0 Å². The maximum Gasteiger partial charge on any atom is 0.585 e. The van der Waals surface area contributed by atoms with E-state index < -0.39 is 8.03 Å². The molecule has 1 atom stereocenters. The van der Waals surface area contributed by atoms with E-state index in [0.717, 1.165) is 0 Å². The summed E-state index contributed by atoms with van der Waals surface area (Å²) in [5.41, 5.74) is 6.91. The molecule has 2 aromatic heterocycles. The van der Waals surface area contributed by atoms with Crippen molar-refractivity contribution in [1.82, 2.24) is 19.5 Å². The molecule has 8 nitrogen and oxygen atoms in total. The lowest BCUT2D eigenvalue weighted by Gasteiger charge is -2.02. The highest BCUT2D eigenvalue weighted by molar-refractivity contribution is 7.39. The molecule has 0 saturated carbocycles. The van der Waals surface area contributed by atoms with Crippen molar-refractivity contribution in [2.75, 3.05) is 18.7 Å². The van der Waals surface area contributed by atoms with E-state index in [0.29, 0.717) is 40.9 Å². The first-order chi connectivity index (χ1) is 11.6. The van der Waals surface area contributed by atoms with E-state index in [4.69, 9.17) is 26.6 Å². The van der Waals surface area contributed by atoms with E-state index in [9.17, 15) is 4.57 Å². The molecule has 2 heterocycles. The van der Waals surface area contributed by atoms with Gasteiger partial charge in [0, 0.05) is 11.6 Å². The number of halogens is 1. The average molecular weight is 367 g/mol. The first kappa shape index (κ1) is 16.6. The van der Waals surface area contributed by atoms with E-state index >= 15 is 0 Å². The summed E-state index contributed by atoms with van der Waals surface area (Å²) in [6, 6.07) is 6.63. The molecule has 2 N–H and O–H groups in total. The zero-order chi connectivity index (χ0) is 16.9. The van der Waals surface area contributed by atoms with Crippen molar-refractivity contribution in [3.63, 3.8) is 0 Å². The highest BCUT2D eigenvalue weighted by Gasteiger charge is 2.19. The zero-order valence-corrected chi connectivity index (χ0v) is 14.2.